The second-order valence-electron chi connectivity index (χ2n) is 5.59. The van der Waals surface area contributed by atoms with E-state index in [0.29, 0.717) is 5.56 Å². The lowest BCUT2D eigenvalue weighted by atomic mass is 10.1. The molecule has 4 heteroatoms. The van der Waals surface area contributed by atoms with E-state index in [1.165, 1.54) is 0 Å². The molecule has 1 atom stereocenters. The Hall–Kier alpha value is -2.36. The average molecular weight is 298 g/mol. The standard InChI is InChI=1S/C18H22N2O2/c1-12(2)22-17-8-6-5-7-16(17)14(4)20-18(21)15-10-9-13(3)19-11-15/h5-12,14H,1-4H3,(H,20,21)/t14-/m1/s1. The van der Waals surface area contributed by atoms with E-state index >= 15 is 0 Å². The number of hydrogen-bond acceptors (Lipinski definition) is 3. The highest BCUT2D eigenvalue weighted by molar-refractivity contribution is 5.94. The second kappa shape index (κ2) is 7.07. The number of benzene rings is 1. The van der Waals surface area contributed by atoms with E-state index in [1.54, 1.807) is 12.3 Å². The Balaban J connectivity index is 2.13. The highest BCUT2D eigenvalue weighted by Gasteiger charge is 2.15. The van der Waals surface area contributed by atoms with E-state index in [-0.39, 0.29) is 18.1 Å². The summed E-state index contributed by atoms with van der Waals surface area (Å²) in [6.07, 6.45) is 1.68. The molecule has 0 saturated carbocycles. The molecule has 1 aromatic heterocycles. The van der Waals surface area contributed by atoms with Crippen molar-refractivity contribution < 1.29 is 9.53 Å². The Morgan fingerprint density at radius 2 is 1.86 bits per heavy atom. The highest BCUT2D eigenvalue weighted by atomic mass is 16.5. The SMILES string of the molecule is Cc1ccc(C(=O)N[C@H](C)c2ccccc2OC(C)C)cn1. The fourth-order valence-corrected chi connectivity index (χ4v) is 2.16. The Labute approximate surface area is 131 Å². The minimum Gasteiger partial charge on any atom is -0.491 e. The predicted molar refractivity (Wildman–Crippen MR) is 87.1 cm³/mol. The van der Waals surface area contributed by atoms with Crippen molar-refractivity contribution in [2.75, 3.05) is 0 Å². The van der Waals surface area contributed by atoms with Crippen molar-refractivity contribution in [3.63, 3.8) is 0 Å². The van der Waals surface area contributed by atoms with Gasteiger partial charge in [0.1, 0.15) is 5.75 Å². The van der Waals surface area contributed by atoms with Crippen LogP contribution in [-0.4, -0.2) is 17.0 Å². The number of carbonyl (C=O) groups is 1. The van der Waals surface area contributed by atoms with Gasteiger partial charge in [0.2, 0.25) is 0 Å². The van der Waals surface area contributed by atoms with Crippen molar-refractivity contribution in [3.8, 4) is 5.75 Å². The van der Waals surface area contributed by atoms with E-state index in [4.69, 9.17) is 4.74 Å². The smallest absolute Gasteiger partial charge is 0.253 e. The van der Waals surface area contributed by atoms with Gasteiger partial charge in [0, 0.05) is 17.5 Å². The Bertz CT molecular complexity index is 636. The minimum absolute atomic E-state index is 0.0883. The van der Waals surface area contributed by atoms with Crippen molar-refractivity contribution >= 4 is 5.91 Å². The molecule has 0 aliphatic carbocycles. The molecular formula is C18H22N2O2. The lowest BCUT2D eigenvalue weighted by Gasteiger charge is -2.19. The normalized spacial score (nSPS) is 12.0. The van der Waals surface area contributed by atoms with E-state index in [1.807, 2.05) is 58.0 Å². The van der Waals surface area contributed by atoms with Crippen LogP contribution in [-0.2, 0) is 0 Å². The van der Waals surface area contributed by atoms with Crippen molar-refractivity contribution in [2.45, 2.75) is 39.8 Å². The average Bonchev–Trinajstić information content (AvgIpc) is 2.47. The van der Waals surface area contributed by atoms with Crippen LogP contribution in [0.4, 0.5) is 0 Å². The van der Waals surface area contributed by atoms with E-state index < -0.39 is 0 Å². The molecule has 2 aromatic rings. The molecule has 0 aliphatic heterocycles. The second-order valence-corrected chi connectivity index (χ2v) is 5.59. The fraction of sp³-hybridized carbons (Fsp3) is 0.333. The van der Waals surface area contributed by atoms with Crippen molar-refractivity contribution in [1.29, 1.82) is 0 Å². The number of carbonyl (C=O) groups excluding carboxylic acids is 1. The van der Waals surface area contributed by atoms with Crippen LogP contribution in [0, 0.1) is 6.92 Å². The number of nitrogens with zero attached hydrogens (tertiary/aromatic N) is 1. The largest absolute Gasteiger partial charge is 0.491 e. The number of para-hydroxylation sites is 1. The summed E-state index contributed by atoms with van der Waals surface area (Å²) in [5, 5.41) is 2.99. The predicted octanol–water partition coefficient (Wildman–Crippen LogP) is 3.67. The monoisotopic (exact) mass is 298 g/mol. The van der Waals surface area contributed by atoms with Gasteiger partial charge in [-0.2, -0.15) is 0 Å². The molecule has 1 aromatic carbocycles. The van der Waals surface area contributed by atoms with Crippen LogP contribution in [0.25, 0.3) is 0 Å². The molecule has 0 saturated heterocycles. The quantitative estimate of drug-likeness (QED) is 0.916. The maximum absolute atomic E-state index is 12.3. The topological polar surface area (TPSA) is 51.2 Å². The Morgan fingerprint density at radius 1 is 1.14 bits per heavy atom. The van der Waals surface area contributed by atoms with Gasteiger partial charge < -0.3 is 10.1 Å². The lowest BCUT2D eigenvalue weighted by molar-refractivity contribution is 0.0939. The van der Waals surface area contributed by atoms with Crippen LogP contribution in [0.3, 0.4) is 0 Å². The number of nitrogens with one attached hydrogen (secondary N) is 1. The number of amides is 1. The molecule has 22 heavy (non-hydrogen) atoms. The van der Waals surface area contributed by atoms with Crippen molar-refractivity contribution in [2.24, 2.45) is 0 Å². The summed E-state index contributed by atoms with van der Waals surface area (Å²) in [5.41, 5.74) is 2.41. The van der Waals surface area contributed by atoms with Crippen LogP contribution in [0.1, 0.15) is 48.4 Å². The number of rotatable bonds is 5. The molecule has 0 spiro atoms. The van der Waals surface area contributed by atoms with Crippen LogP contribution >= 0.6 is 0 Å². The zero-order valence-electron chi connectivity index (χ0n) is 13.5. The zero-order chi connectivity index (χ0) is 16.1. The molecule has 0 unspecified atom stereocenters. The molecule has 4 nitrogen and oxygen atoms in total. The number of hydrogen-bond donors (Lipinski definition) is 1. The summed E-state index contributed by atoms with van der Waals surface area (Å²) in [7, 11) is 0. The first kappa shape index (κ1) is 16.0. The number of ether oxygens (including phenoxy) is 1. The van der Waals surface area contributed by atoms with Crippen molar-refractivity contribution in [3.05, 3.63) is 59.4 Å². The zero-order valence-corrected chi connectivity index (χ0v) is 13.5. The lowest BCUT2D eigenvalue weighted by Crippen LogP contribution is -2.27. The van der Waals surface area contributed by atoms with Gasteiger partial charge in [-0.3, -0.25) is 9.78 Å². The van der Waals surface area contributed by atoms with Crippen LogP contribution in [0.15, 0.2) is 42.6 Å². The summed E-state index contributed by atoms with van der Waals surface area (Å²) < 4.78 is 5.81. The summed E-state index contributed by atoms with van der Waals surface area (Å²) in [6, 6.07) is 11.2. The number of aryl methyl sites for hydroxylation is 1. The van der Waals surface area contributed by atoms with Crippen molar-refractivity contribution in [1.82, 2.24) is 10.3 Å². The van der Waals surface area contributed by atoms with Crippen LogP contribution in [0.5, 0.6) is 5.75 Å². The summed E-state index contributed by atoms with van der Waals surface area (Å²) in [4.78, 5) is 16.4. The first-order valence-electron chi connectivity index (χ1n) is 7.46. The summed E-state index contributed by atoms with van der Waals surface area (Å²) >= 11 is 0. The maximum Gasteiger partial charge on any atom is 0.253 e. The maximum atomic E-state index is 12.3. The van der Waals surface area contributed by atoms with Gasteiger partial charge in [0.15, 0.2) is 0 Å². The number of aromatic nitrogens is 1. The first-order chi connectivity index (χ1) is 10.5. The fourth-order valence-electron chi connectivity index (χ4n) is 2.16. The van der Waals surface area contributed by atoms with Gasteiger partial charge in [0.05, 0.1) is 17.7 Å². The van der Waals surface area contributed by atoms with E-state index in [2.05, 4.69) is 10.3 Å². The minimum atomic E-state index is -0.149. The van der Waals surface area contributed by atoms with Gasteiger partial charge in [-0.05, 0) is 45.9 Å². The molecule has 0 aliphatic rings. The van der Waals surface area contributed by atoms with Gasteiger partial charge >= 0.3 is 0 Å². The molecule has 0 bridgehead atoms. The Morgan fingerprint density at radius 3 is 2.50 bits per heavy atom. The molecular weight excluding hydrogens is 276 g/mol. The molecule has 116 valence electrons. The summed E-state index contributed by atoms with van der Waals surface area (Å²) in [5.74, 6) is 0.659. The third kappa shape index (κ3) is 4.07. The van der Waals surface area contributed by atoms with Gasteiger partial charge in [-0.25, -0.2) is 0 Å². The highest BCUT2D eigenvalue weighted by Crippen LogP contribution is 2.26. The van der Waals surface area contributed by atoms with Crippen LogP contribution in [0.2, 0.25) is 0 Å². The molecule has 0 radical (unpaired) electrons. The summed E-state index contributed by atoms with van der Waals surface area (Å²) in [6.45, 7) is 7.81. The molecule has 1 heterocycles. The van der Waals surface area contributed by atoms with Gasteiger partial charge in [-0.15, -0.1) is 0 Å². The molecule has 2 rings (SSSR count). The third-order valence-electron chi connectivity index (χ3n) is 3.27. The van der Waals surface area contributed by atoms with E-state index in [9.17, 15) is 4.79 Å². The first-order valence-corrected chi connectivity index (χ1v) is 7.46. The molecule has 0 fully saturated rings. The Kier molecular flexibility index (Phi) is 5.15. The molecule has 1 amide bonds. The number of pyridine rings is 1. The molecule has 1 N–H and O–H groups in total. The van der Waals surface area contributed by atoms with E-state index in [0.717, 1.165) is 17.0 Å². The third-order valence-corrected chi connectivity index (χ3v) is 3.27. The van der Waals surface area contributed by atoms with Crippen LogP contribution < -0.4 is 10.1 Å². The van der Waals surface area contributed by atoms with Gasteiger partial charge in [0.25, 0.3) is 5.91 Å². The van der Waals surface area contributed by atoms with Gasteiger partial charge in [-0.1, -0.05) is 18.2 Å².